The molecule has 0 radical (unpaired) electrons. The second kappa shape index (κ2) is 19.4. The summed E-state index contributed by atoms with van der Waals surface area (Å²) in [6.07, 6.45) is 8.02. The highest BCUT2D eigenvalue weighted by Gasteiger charge is 2.44. The number of halogens is 1. The standard InChI is InChI=1S/C35H36ClNO3S.C14H15N/c1-34(2,40)30-9-4-3-7-25(30)13-17-32(41-23-35(18-19-35)22-33(38)39)27-8-5-6-24(20-27)10-15-29-16-12-26-11-14-28(36)21-31(26)37-29;1-3-7-13(8-4-1)11-15-12-14-9-5-2-6-10-14/h3-12,14-16,20-21,32,40H,13,17-19,22-23H2,1-2H3,(H,38,39);1-10,15H,11-12H2/b15-10+;/t32-;/m1./s1. The lowest BCUT2D eigenvalue weighted by Gasteiger charge is -2.24. The maximum atomic E-state index is 11.5. The Morgan fingerprint density at radius 1 is 0.839 bits per heavy atom. The van der Waals surface area contributed by atoms with Crippen molar-refractivity contribution in [2.45, 2.75) is 69.9 Å². The fraction of sp³-hybridized carbons (Fsp3) is 0.265. The van der Waals surface area contributed by atoms with Crippen molar-refractivity contribution in [3.63, 3.8) is 0 Å². The molecule has 6 aromatic rings. The van der Waals surface area contributed by atoms with Gasteiger partial charge < -0.3 is 15.5 Å². The predicted octanol–water partition coefficient (Wildman–Crippen LogP) is 11.9. The van der Waals surface area contributed by atoms with Crippen LogP contribution in [-0.2, 0) is 29.9 Å². The summed E-state index contributed by atoms with van der Waals surface area (Å²) >= 11 is 8.04. The first-order valence-corrected chi connectivity index (χ1v) is 20.8. The Kier molecular flexibility index (Phi) is 14.2. The molecule has 0 saturated heterocycles. The summed E-state index contributed by atoms with van der Waals surface area (Å²) in [5.74, 6) is 0.122. The van der Waals surface area contributed by atoms with E-state index >= 15 is 0 Å². The van der Waals surface area contributed by atoms with Crippen LogP contribution in [0.25, 0.3) is 23.1 Å². The molecule has 3 N–H and O–H groups in total. The second-order valence-corrected chi connectivity index (χ2v) is 16.9. The molecule has 1 fully saturated rings. The van der Waals surface area contributed by atoms with Crippen LogP contribution in [0.3, 0.4) is 0 Å². The molecule has 7 heteroatoms. The Bertz CT molecular complexity index is 2180. The third kappa shape index (κ3) is 12.4. The van der Waals surface area contributed by atoms with Gasteiger partial charge in [-0.1, -0.05) is 139 Å². The van der Waals surface area contributed by atoms with Gasteiger partial charge in [-0.05, 0) is 103 Å². The topological polar surface area (TPSA) is 82.5 Å². The minimum Gasteiger partial charge on any atom is -0.481 e. The first kappa shape index (κ1) is 40.9. The third-order valence-corrected chi connectivity index (χ3v) is 12.1. The van der Waals surface area contributed by atoms with E-state index in [4.69, 9.17) is 16.6 Å². The van der Waals surface area contributed by atoms with Crippen LogP contribution in [0.2, 0.25) is 5.02 Å². The molecule has 1 atom stereocenters. The van der Waals surface area contributed by atoms with E-state index in [0.717, 1.165) is 77.8 Å². The molecule has 0 bridgehead atoms. The van der Waals surface area contributed by atoms with Crippen molar-refractivity contribution in [3.8, 4) is 0 Å². The molecule has 5 nitrogen and oxygen atoms in total. The van der Waals surface area contributed by atoms with Crippen LogP contribution in [0.1, 0.15) is 83.9 Å². The van der Waals surface area contributed by atoms with Gasteiger partial charge in [0.05, 0.1) is 23.2 Å². The first-order valence-electron chi connectivity index (χ1n) is 19.3. The Morgan fingerprint density at radius 2 is 1.50 bits per heavy atom. The van der Waals surface area contributed by atoms with Gasteiger partial charge in [0.25, 0.3) is 0 Å². The molecule has 1 aliphatic rings. The third-order valence-electron chi connectivity index (χ3n) is 10.2. The normalized spacial score (nSPS) is 13.9. The molecular weight excluding hydrogens is 732 g/mol. The molecule has 7 rings (SSSR count). The number of carbonyl (C=O) groups is 1. The summed E-state index contributed by atoms with van der Waals surface area (Å²) in [6, 6.07) is 47.4. The molecule has 1 aromatic heterocycles. The van der Waals surface area contributed by atoms with Crippen molar-refractivity contribution in [1.29, 1.82) is 0 Å². The van der Waals surface area contributed by atoms with E-state index in [1.807, 2.05) is 86.3 Å². The van der Waals surface area contributed by atoms with E-state index in [-0.39, 0.29) is 17.1 Å². The molecule has 0 aliphatic heterocycles. The molecule has 0 unspecified atom stereocenters. The van der Waals surface area contributed by atoms with Gasteiger partial charge in [-0.2, -0.15) is 11.8 Å². The van der Waals surface area contributed by atoms with Gasteiger partial charge in [0.15, 0.2) is 0 Å². The van der Waals surface area contributed by atoms with Crippen LogP contribution < -0.4 is 5.32 Å². The Hall–Kier alpha value is -4.72. The van der Waals surface area contributed by atoms with Gasteiger partial charge in [-0.3, -0.25) is 4.79 Å². The second-order valence-electron chi connectivity index (χ2n) is 15.3. The quantitative estimate of drug-likeness (QED) is 0.0907. The highest BCUT2D eigenvalue weighted by atomic mass is 35.5. The summed E-state index contributed by atoms with van der Waals surface area (Å²) in [4.78, 5) is 16.2. The molecule has 288 valence electrons. The summed E-state index contributed by atoms with van der Waals surface area (Å²) in [5.41, 5.74) is 7.81. The molecule has 0 spiro atoms. The van der Waals surface area contributed by atoms with Gasteiger partial charge in [0.2, 0.25) is 0 Å². The van der Waals surface area contributed by atoms with Crippen LogP contribution >= 0.6 is 23.4 Å². The molecule has 0 amide bonds. The van der Waals surface area contributed by atoms with E-state index in [0.29, 0.717) is 5.02 Å². The fourth-order valence-electron chi connectivity index (χ4n) is 6.90. The van der Waals surface area contributed by atoms with Crippen molar-refractivity contribution < 1.29 is 15.0 Å². The predicted molar refractivity (Wildman–Crippen MR) is 235 cm³/mol. The van der Waals surface area contributed by atoms with E-state index in [1.54, 1.807) is 0 Å². The molecule has 1 heterocycles. The number of aryl methyl sites for hydroxylation is 1. The average Bonchev–Trinajstić information content (AvgIpc) is 3.96. The molecule has 5 aromatic carbocycles. The number of thioether (sulfide) groups is 1. The zero-order valence-electron chi connectivity index (χ0n) is 32.2. The van der Waals surface area contributed by atoms with Crippen molar-refractivity contribution in [3.05, 3.63) is 184 Å². The van der Waals surface area contributed by atoms with Gasteiger partial charge in [-0.25, -0.2) is 4.98 Å². The molecule has 1 aliphatic carbocycles. The zero-order valence-corrected chi connectivity index (χ0v) is 33.8. The molecule has 56 heavy (non-hydrogen) atoms. The highest BCUT2D eigenvalue weighted by molar-refractivity contribution is 7.99. The number of rotatable bonds is 16. The van der Waals surface area contributed by atoms with Crippen molar-refractivity contribution >= 4 is 52.4 Å². The van der Waals surface area contributed by atoms with Crippen LogP contribution in [0, 0.1) is 5.41 Å². The van der Waals surface area contributed by atoms with Crippen molar-refractivity contribution in [2.24, 2.45) is 5.41 Å². The maximum Gasteiger partial charge on any atom is 0.303 e. The number of hydrogen-bond donors (Lipinski definition) is 3. The van der Waals surface area contributed by atoms with Gasteiger partial charge in [0.1, 0.15) is 0 Å². The number of hydrogen-bond acceptors (Lipinski definition) is 5. The smallest absolute Gasteiger partial charge is 0.303 e. The van der Waals surface area contributed by atoms with Gasteiger partial charge >= 0.3 is 5.97 Å². The Balaban J connectivity index is 0.000000295. The van der Waals surface area contributed by atoms with E-state index in [1.165, 1.54) is 16.7 Å². The van der Waals surface area contributed by atoms with Crippen LogP contribution in [0.4, 0.5) is 0 Å². The largest absolute Gasteiger partial charge is 0.481 e. The number of carboxylic acid groups (broad SMARTS) is 1. The van der Waals surface area contributed by atoms with E-state index in [2.05, 4.69) is 96.3 Å². The van der Waals surface area contributed by atoms with E-state index < -0.39 is 11.6 Å². The summed E-state index contributed by atoms with van der Waals surface area (Å²) in [6.45, 7) is 5.51. The SMILES string of the molecule is CC(C)(O)c1ccccc1CC[C@@H](SCC1(CC(=O)O)CC1)c1cccc(/C=C/c2ccc3ccc(Cl)cc3n2)c1.c1ccc(CNCc2ccccc2)cc1. The number of aliphatic carboxylic acids is 1. The van der Waals surface area contributed by atoms with Crippen LogP contribution in [-0.4, -0.2) is 26.9 Å². The summed E-state index contributed by atoms with van der Waals surface area (Å²) in [5, 5.41) is 25.5. The number of aromatic nitrogens is 1. The molecule has 1 saturated carbocycles. The monoisotopic (exact) mass is 782 g/mol. The lowest BCUT2D eigenvalue weighted by Crippen LogP contribution is -2.18. The van der Waals surface area contributed by atoms with Crippen LogP contribution in [0.15, 0.2) is 140 Å². The van der Waals surface area contributed by atoms with Gasteiger partial charge in [0, 0.05) is 34.5 Å². The number of nitrogens with one attached hydrogen (secondary N) is 1. The number of carboxylic acids is 1. The van der Waals surface area contributed by atoms with Crippen molar-refractivity contribution in [1.82, 2.24) is 10.3 Å². The number of pyridine rings is 1. The number of nitrogens with zero attached hydrogens (tertiary/aromatic N) is 1. The lowest BCUT2D eigenvalue weighted by atomic mass is 9.90. The summed E-state index contributed by atoms with van der Waals surface area (Å²) in [7, 11) is 0. The number of benzene rings is 5. The van der Waals surface area contributed by atoms with E-state index in [9.17, 15) is 15.0 Å². The Labute approximate surface area is 340 Å². The van der Waals surface area contributed by atoms with Crippen molar-refractivity contribution in [2.75, 3.05) is 5.75 Å². The fourth-order valence-corrected chi connectivity index (χ4v) is 8.64. The first-order chi connectivity index (χ1) is 27.0. The zero-order chi connectivity index (χ0) is 39.4. The number of fused-ring (bicyclic) bond motifs is 1. The highest BCUT2D eigenvalue weighted by Crippen LogP contribution is 2.53. The number of aliphatic hydroxyl groups is 1. The molecular formula is C49H51ClN2O3S. The van der Waals surface area contributed by atoms with Gasteiger partial charge in [-0.15, -0.1) is 0 Å². The maximum absolute atomic E-state index is 11.5. The minimum absolute atomic E-state index is 0.0814. The summed E-state index contributed by atoms with van der Waals surface area (Å²) < 4.78 is 0. The Morgan fingerprint density at radius 3 is 2.16 bits per heavy atom. The lowest BCUT2D eigenvalue weighted by molar-refractivity contribution is -0.138. The minimum atomic E-state index is -0.911. The van der Waals surface area contributed by atoms with Crippen LogP contribution in [0.5, 0.6) is 0 Å². The average molecular weight is 783 g/mol.